The summed E-state index contributed by atoms with van der Waals surface area (Å²) in [5.74, 6) is 1.31. The van der Waals surface area contributed by atoms with Gasteiger partial charge >= 0.3 is 0 Å². The Balaban J connectivity index is 1.89. The fourth-order valence-corrected chi connectivity index (χ4v) is 3.62. The van der Waals surface area contributed by atoms with Crippen LogP contribution in [-0.2, 0) is 4.74 Å². The fraction of sp³-hybridized carbons (Fsp3) is 0.409. The molecule has 1 fully saturated rings. The summed E-state index contributed by atoms with van der Waals surface area (Å²) >= 11 is 0. The van der Waals surface area contributed by atoms with Crippen LogP contribution in [0.15, 0.2) is 36.4 Å². The van der Waals surface area contributed by atoms with E-state index in [0.717, 1.165) is 18.7 Å². The van der Waals surface area contributed by atoms with Gasteiger partial charge in [-0.3, -0.25) is 15.0 Å². The second-order valence-electron chi connectivity index (χ2n) is 6.99. The predicted octanol–water partition coefficient (Wildman–Crippen LogP) is 3.36. The van der Waals surface area contributed by atoms with Gasteiger partial charge in [-0.05, 0) is 36.8 Å². The number of nitrogens with one attached hydrogen (secondary N) is 1. The van der Waals surface area contributed by atoms with Gasteiger partial charge in [-0.15, -0.1) is 0 Å². The van der Waals surface area contributed by atoms with Gasteiger partial charge in [0.25, 0.3) is 5.69 Å². The lowest BCUT2D eigenvalue weighted by molar-refractivity contribution is -0.384. The summed E-state index contributed by atoms with van der Waals surface area (Å²) in [7, 11) is 1.60. The van der Waals surface area contributed by atoms with E-state index in [1.54, 1.807) is 19.2 Å². The zero-order valence-corrected chi connectivity index (χ0v) is 17.7. The first-order valence-corrected chi connectivity index (χ1v) is 10.1. The van der Waals surface area contributed by atoms with Crippen LogP contribution in [0.4, 0.5) is 11.4 Å². The zero-order valence-electron chi connectivity index (χ0n) is 17.7. The maximum atomic E-state index is 11.5. The smallest absolute Gasteiger partial charge is 0.293 e. The number of hydrogen-bond donors (Lipinski definition) is 1. The SMILES string of the molecule is CCOc1ccc(C(CNc2ccc(C#N)cc2[N+](=O)[O-])N2CCOCC2)cc1OC. The van der Waals surface area contributed by atoms with E-state index >= 15 is 0 Å². The average Bonchev–Trinajstić information content (AvgIpc) is 2.80. The van der Waals surface area contributed by atoms with Crippen molar-refractivity contribution >= 4 is 11.4 Å². The molecule has 0 aromatic heterocycles. The Kier molecular flexibility index (Phi) is 7.65. The molecule has 2 aromatic carbocycles. The summed E-state index contributed by atoms with van der Waals surface area (Å²) in [5.41, 5.74) is 1.51. The number of anilines is 1. The van der Waals surface area contributed by atoms with Crippen molar-refractivity contribution in [3.8, 4) is 17.6 Å². The number of hydrogen-bond acceptors (Lipinski definition) is 8. The third-order valence-electron chi connectivity index (χ3n) is 5.17. The van der Waals surface area contributed by atoms with Crippen LogP contribution in [0.1, 0.15) is 24.1 Å². The molecule has 0 aliphatic carbocycles. The third-order valence-corrected chi connectivity index (χ3v) is 5.17. The lowest BCUT2D eigenvalue weighted by atomic mass is 10.0. The molecule has 0 amide bonds. The van der Waals surface area contributed by atoms with Crippen LogP contribution in [0.5, 0.6) is 11.5 Å². The molecule has 1 N–H and O–H groups in total. The highest BCUT2D eigenvalue weighted by Crippen LogP contribution is 2.33. The Hall–Kier alpha value is -3.35. The lowest BCUT2D eigenvalue weighted by Crippen LogP contribution is -2.41. The maximum absolute atomic E-state index is 11.5. The molecule has 1 aliphatic rings. The van der Waals surface area contributed by atoms with Gasteiger partial charge in [-0.25, -0.2) is 0 Å². The van der Waals surface area contributed by atoms with E-state index in [4.69, 9.17) is 19.5 Å². The number of ether oxygens (including phenoxy) is 3. The predicted molar refractivity (Wildman–Crippen MR) is 116 cm³/mol. The van der Waals surface area contributed by atoms with Crippen LogP contribution in [0, 0.1) is 21.4 Å². The Morgan fingerprint density at radius 1 is 1.26 bits per heavy atom. The van der Waals surface area contributed by atoms with Crippen LogP contribution in [0.25, 0.3) is 0 Å². The monoisotopic (exact) mass is 426 g/mol. The van der Waals surface area contributed by atoms with Gasteiger partial charge in [-0.2, -0.15) is 5.26 Å². The van der Waals surface area contributed by atoms with Crippen molar-refractivity contribution in [3.05, 3.63) is 57.6 Å². The van der Waals surface area contributed by atoms with Crippen molar-refractivity contribution < 1.29 is 19.1 Å². The van der Waals surface area contributed by atoms with Crippen molar-refractivity contribution in [1.82, 2.24) is 4.90 Å². The highest BCUT2D eigenvalue weighted by Gasteiger charge is 2.25. The van der Waals surface area contributed by atoms with Crippen LogP contribution >= 0.6 is 0 Å². The topological polar surface area (TPSA) is 110 Å². The molecule has 9 nitrogen and oxygen atoms in total. The minimum atomic E-state index is -0.479. The lowest BCUT2D eigenvalue weighted by Gasteiger charge is -2.35. The molecule has 0 radical (unpaired) electrons. The highest BCUT2D eigenvalue weighted by molar-refractivity contribution is 5.64. The maximum Gasteiger partial charge on any atom is 0.293 e. The van der Waals surface area contributed by atoms with Crippen molar-refractivity contribution in [2.45, 2.75) is 13.0 Å². The first kappa shape index (κ1) is 22.3. The van der Waals surface area contributed by atoms with Gasteiger partial charge in [-0.1, -0.05) is 6.07 Å². The summed E-state index contributed by atoms with van der Waals surface area (Å²) in [6.45, 7) is 5.63. The molecule has 1 aliphatic heterocycles. The number of morpholine rings is 1. The molecule has 164 valence electrons. The van der Waals surface area contributed by atoms with Crippen molar-refractivity contribution in [2.24, 2.45) is 0 Å². The first-order chi connectivity index (χ1) is 15.1. The van der Waals surface area contributed by atoms with E-state index in [0.29, 0.717) is 43.6 Å². The number of benzene rings is 2. The Labute approximate surface area is 181 Å². The number of nitro groups is 1. The van der Waals surface area contributed by atoms with Gasteiger partial charge in [0.05, 0.1) is 49.5 Å². The van der Waals surface area contributed by atoms with Gasteiger partial charge in [0.2, 0.25) is 0 Å². The van der Waals surface area contributed by atoms with E-state index < -0.39 is 4.92 Å². The standard InChI is InChI=1S/C22H26N4O5/c1-3-31-21-7-5-17(13-22(21)29-2)20(25-8-10-30-11-9-25)15-24-18-6-4-16(14-23)12-19(18)26(27)28/h4-7,12-13,20,24H,3,8-11,15H2,1-2H3. The fourth-order valence-electron chi connectivity index (χ4n) is 3.62. The highest BCUT2D eigenvalue weighted by atomic mass is 16.6. The molecule has 3 rings (SSSR count). The zero-order chi connectivity index (χ0) is 22.2. The molecule has 1 heterocycles. The van der Waals surface area contributed by atoms with E-state index in [-0.39, 0.29) is 17.3 Å². The molecular formula is C22H26N4O5. The van der Waals surface area contributed by atoms with E-state index in [1.165, 1.54) is 6.07 Å². The largest absolute Gasteiger partial charge is 0.493 e. The number of rotatable bonds is 9. The molecule has 9 heteroatoms. The quantitative estimate of drug-likeness (QED) is 0.480. The van der Waals surface area contributed by atoms with Crippen LogP contribution in [0.2, 0.25) is 0 Å². The molecule has 0 spiro atoms. The van der Waals surface area contributed by atoms with Gasteiger partial charge in [0.1, 0.15) is 5.69 Å². The molecule has 2 aromatic rings. The Morgan fingerprint density at radius 2 is 2.03 bits per heavy atom. The number of methoxy groups -OCH3 is 1. The number of nitriles is 1. The molecule has 1 saturated heterocycles. The van der Waals surface area contributed by atoms with E-state index in [2.05, 4.69) is 10.2 Å². The van der Waals surface area contributed by atoms with Gasteiger partial charge in [0, 0.05) is 25.7 Å². The molecule has 1 atom stereocenters. The Morgan fingerprint density at radius 3 is 2.68 bits per heavy atom. The van der Waals surface area contributed by atoms with Crippen molar-refractivity contribution in [3.63, 3.8) is 0 Å². The van der Waals surface area contributed by atoms with E-state index in [9.17, 15) is 10.1 Å². The minimum Gasteiger partial charge on any atom is -0.493 e. The molecule has 0 bridgehead atoms. The van der Waals surface area contributed by atoms with Crippen LogP contribution < -0.4 is 14.8 Å². The van der Waals surface area contributed by atoms with Gasteiger partial charge in [0.15, 0.2) is 11.5 Å². The normalized spacial score (nSPS) is 15.0. The summed E-state index contributed by atoms with van der Waals surface area (Å²) in [6, 6.07) is 12.1. The third kappa shape index (κ3) is 5.42. The van der Waals surface area contributed by atoms with Crippen LogP contribution in [0.3, 0.4) is 0 Å². The minimum absolute atomic E-state index is 0.0660. The van der Waals surface area contributed by atoms with Gasteiger partial charge < -0.3 is 19.5 Å². The summed E-state index contributed by atoms with van der Waals surface area (Å²) < 4.78 is 16.6. The molecule has 1 unspecified atom stereocenters. The molecule has 31 heavy (non-hydrogen) atoms. The first-order valence-electron chi connectivity index (χ1n) is 10.1. The van der Waals surface area contributed by atoms with Crippen molar-refractivity contribution in [1.29, 1.82) is 5.26 Å². The summed E-state index contributed by atoms with van der Waals surface area (Å²) in [5, 5.41) is 23.7. The average molecular weight is 426 g/mol. The molecule has 0 saturated carbocycles. The van der Waals surface area contributed by atoms with Crippen molar-refractivity contribution in [2.75, 3.05) is 51.9 Å². The van der Waals surface area contributed by atoms with E-state index in [1.807, 2.05) is 31.2 Å². The number of nitrogens with zero attached hydrogens (tertiary/aromatic N) is 3. The van der Waals surface area contributed by atoms with Crippen LogP contribution in [-0.4, -0.2) is 56.4 Å². The summed E-state index contributed by atoms with van der Waals surface area (Å²) in [4.78, 5) is 13.3. The molecular weight excluding hydrogens is 400 g/mol. The number of nitro benzene ring substituents is 1. The second kappa shape index (κ2) is 10.6. The Bertz CT molecular complexity index is 953. The summed E-state index contributed by atoms with van der Waals surface area (Å²) in [6.07, 6.45) is 0. The second-order valence-corrected chi connectivity index (χ2v) is 6.99.